The van der Waals surface area contributed by atoms with Gasteiger partial charge in [-0.1, -0.05) is 11.8 Å². The van der Waals surface area contributed by atoms with E-state index in [1.54, 1.807) is 0 Å². The van der Waals surface area contributed by atoms with Crippen molar-refractivity contribution in [2.75, 3.05) is 5.75 Å². The first-order chi connectivity index (χ1) is 6.18. The van der Waals surface area contributed by atoms with Gasteiger partial charge >= 0.3 is 5.97 Å². The Morgan fingerprint density at radius 3 is 3.00 bits per heavy atom. The molecule has 0 aliphatic carbocycles. The lowest BCUT2D eigenvalue weighted by Gasteiger charge is -1.93. The second-order valence-electron chi connectivity index (χ2n) is 2.55. The number of hydrogen-bond acceptors (Lipinski definition) is 4. The number of carbonyl (C=O) groups is 1. The number of hydrogen-bond donors (Lipinski definition) is 2. The fraction of sp³-hybridized carbons (Fsp3) is 0.571. The number of rotatable bonds is 5. The van der Waals surface area contributed by atoms with E-state index in [1.807, 2.05) is 6.92 Å². The summed E-state index contributed by atoms with van der Waals surface area (Å²) in [6, 6.07) is 0. The Bertz CT molecular complexity index is 287. The van der Waals surface area contributed by atoms with Crippen LogP contribution in [0.3, 0.4) is 0 Å². The molecule has 0 spiro atoms. The lowest BCUT2D eigenvalue weighted by Crippen LogP contribution is -1.94. The second kappa shape index (κ2) is 4.86. The number of H-pyrrole nitrogens is 1. The van der Waals surface area contributed by atoms with E-state index in [9.17, 15) is 4.79 Å². The maximum Gasteiger partial charge on any atom is 0.303 e. The minimum atomic E-state index is -0.758. The predicted molar refractivity (Wildman–Crippen MR) is 48.7 cm³/mol. The molecule has 6 heteroatoms. The van der Waals surface area contributed by atoms with Crippen molar-refractivity contribution in [3.8, 4) is 0 Å². The van der Waals surface area contributed by atoms with Gasteiger partial charge in [0, 0.05) is 12.2 Å². The van der Waals surface area contributed by atoms with Crippen molar-refractivity contribution >= 4 is 17.7 Å². The molecule has 0 fully saturated rings. The van der Waals surface area contributed by atoms with Gasteiger partial charge in [-0.15, -0.1) is 5.10 Å². The van der Waals surface area contributed by atoms with Crippen molar-refractivity contribution < 1.29 is 9.90 Å². The standard InChI is InChI=1S/C7H11N3O2S/c1-5-8-7(10-9-5)13-4-2-3-6(11)12/h2-4H2,1H3,(H,11,12)(H,8,9,10). The summed E-state index contributed by atoms with van der Waals surface area (Å²) in [5.41, 5.74) is 0. The third-order valence-corrected chi connectivity index (χ3v) is 2.28. The Morgan fingerprint density at radius 2 is 2.46 bits per heavy atom. The maximum absolute atomic E-state index is 10.2. The number of aromatic nitrogens is 3. The van der Waals surface area contributed by atoms with Crippen LogP contribution in [-0.2, 0) is 4.79 Å². The molecule has 1 aromatic heterocycles. The molecule has 72 valence electrons. The number of thioether (sulfide) groups is 1. The molecule has 13 heavy (non-hydrogen) atoms. The van der Waals surface area contributed by atoms with Crippen LogP contribution in [0.1, 0.15) is 18.7 Å². The zero-order valence-corrected chi connectivity index (χ0v) is 8.10. The summed E-state index contributed by atoms with van der Waals surface area (Å²) in [5.74, 6) is 0.761. The van der Waals surface area contributed by atoms with Gasteiger partial charge in [0.05, 0.1) is 0 Å². The highest BCUT2D eigenvalue weighted by molar-refractivity contribution is 7.99. The molecule has 0 bridgehead atoms. The van der Waals surface area contributed by atoms with Crippen LogP contribution in [0, 0.1) is 6.92 Å². The number of aliphatic carboxylic acids is 1. The molecule has 0 aliphatic rings. The highest BCUT2D eigenvalue weighted by Crippen LogP contribution is 2.13. The summed E-state index contributed by atoms with van der Waals surface area (Å²) in [5, 5.41) is 15.7. The highest BCUT2D eigenvalue weighted by atomic mass is 32.2. The fourth-order valence-electron chi connectivity index (χ4n) is 0.774. The minimum Gasteiger partial charge on any atom is -0.481 e. The second-order valence-corrected chi connectivity index (χ2v) is 3.61. The number of aromatic amines is 1. The minimum absolute atomic E-state index is 0.205. The largest absolute Gasteiger partial charge is 0.481 e. The summed E-state index contributed by atoms with van der Waals surface area (Å²) in [6.07, 6.45) is 0.851. The van der Waals surface area contributed by atoms with Crippen LogP contribution < -0.4 is 0 Å². The molecule has 1 rings (SSSR count). The zero-order valence-electron chi connectivity index (χ0n) is 7.28. The van der Waals surface area contributed by atoms with Gasteiger partial charge in [0.1, 0.15) is 5.82 Å². The topological polar surface area (TPSA) is 78.9 Å². The van der Waals surface area contributed by atoms with E-state index in [-0.39, 0.29) is 6.42 Å². The van der Waals surface area contributed by atoms with Gasteiger partial charge in [-0.05, 0) is 13.3 Å². The van der Waals surface area contributed by atoms with Crippen LogP contribution in [0.5, 0.6) is 0 Å². The van der Waals surface area contributed by atoms with Gasteiger partial charge in [0.25, 0.3) is 0 Å². The van der Waals surface area contributed by atoms with Crippen LogP contribution in [-0.4, -0.2) is 32.0 Å². The average Bonchev–Trinajstić information content (AvgIpc) is 2.45. The first-order valence-corrected chi connectivity index (χ1v) is 4.90. The van der Waals surface area contributed by atoms with Gasteiger partial charge in [-0.2, -0.15) is 0 Å². The Balaban J connectivity index is 2.16. The molecular weight excluding hydrogens is 190 g/mol. The van der Waals surface area contributed by atoms with Gasteiger partial charge in [0.2, 0.25) is 5.16 Å². The van der Waals surface area contributed by atoms with Gasteiger partial charge in [-0.25, -0.2) is 4.98 Å². The molecular formula is C7H11N3O2S. The molecule has 2 N–H and O–H groups in total. The first kappa shape index (κ1) is 10.0. The predicted octanol–water partition coefficient (Wildman–Crippen LogP) is 1.07. The summed E-state index contributed by atoms with van der Waals surface area (Å²) in [4.78, 5) is 14.2. The van der Waals surface area contributed by atoms with E-state index in [0.29, 0.717) is 11.6 Å². The molecule has 0 unspecified atom stereocenters. The molecule has 1 heterocycles. The van der Waals surface area contributed by atoms with Crippen LogP contribution in [0.25, 0.3) is 0 Å². The SMILES string of the molecule is Cc1nc(SCCCC(=O)O)n[nH]1. The van der Waals surface area contributed by atoms with Crippen LogP contribution in [0.2, 0.25) is 0 Å². The van der Waals surface area contributed by atoms with Gasteiger partial charge in [-0.3, -0.25) is 9.89 Å². The summed E-state index contributed by atoms with van der Waals surface area (Å²) in [7, 11) is 0. The van der Waals surface area contributed by atoms with Gasteiger partial charge < -0.3 is 5.11 Å². The van der Waals surface area contributed by atoms with E-state index >= 15 is 0 Å². The number of aryl methyl sites for hydroxylation is 1. The molecule has 0 aliphatic heterocycles. The molecule has 5 nitrogen and oxygen atoms in total. The van der Waals surface area contributed by atoms with E-state index in [0.717, 1.165) is 11.6 Å². The van der Waals surface area contributed by atoms with Crippen molar-refractivity contribution in [3.63, 3.8) is 0 Å². The van der Waals surface area contributed by atoms with E-state index in [1.165, 1.54) is 11.8 Å². The number of nitrogens with zero attached hydrogens (tertiary/aromatic N) is 2. The Labute approximate surface area is 80.0 Å². The van der Waals surface area contributed by atoms with Crippen LogP contribution in [0.15, 0.2) is 5.16 Å². The van der Waals surface area contributed by atoms with Crippen LogP contribution >= 0.6 is 11.8 Å². The molecule has 0 atom stereocenters. The molecule has 0 radical (unpaired) electrons. The smallest absolute Gasteiger partial charge is 0.303 e. The number of nitrogens with one attached hydrogen (secondary N) is 1. The van der Waals surface area contributed by atoms with Crippen molar-refractivity contribution in [1.82, 2.24) is 15.2 Å². The number of carboxylic acids is 1. The third kappa shape index (κ3) is 3.93. The van der Waals surface area contributed by atoms with E-state index < -0.39 is 5.97 Å². The van der Waals surface area contributed by atoms with Crippen molar-refractivity contribution in [3.05, 3.63) is 5.82 Å². The lowest BCUT2D eigenvalue weighted by molar-refractivity contribution is -0.137. The van der Waals surface area contributed by atoms with E-state index in [2.05, 4.69) is 15.2 Å². The van der Waals surface area contributed by atoms with Crippen molar-refractivity contribution in [2.24, 2.45) is 0 Å². The third-order valence-electron chi connectivity index (χ3n) is 1.34. The monoisotopic (exact) mass is 201 g/mol. The normalized spacial score (nSPS) is 10.2. The van der Waals surface area contributed by atoms with E-state index in [4.69, 9.17) is 5.11 Å². The first-order valence-electron chi connectivity index (χ1n) is 3.92. The number of carboxylic acid groups (broad SMARTS) is 1. The molecule has 0 saturated carbocycles. The quantitative estimate of drug-likeness (QED) is 0.550. The highest BCUT2D eigenvalue weighted by Gasteiger charge is 2.01. The summed E-state index contributed by atoms with van der Waals surface area (Å²) in [6.45, 7) is 1.83. The van der Waals surface area contributed by atoms with Gasteiger partial charge in [0.15, 0.2) is 0 Å². The fourth-order valence-corrected chi connectivity index (χ4v) is 1.56. The summed E-state index contributed by atoms with van der Waals surface area (Å²) < 4.78 is 0. The molecule has 0 saturated heterocycles. The van der Waals surface area contributed by atoms with Crippen molar-refractivity contribution in [1.29, 1.82) is 0 Å². The Hall–Kier alpha value is -1.04. The lowest BCUT2D eigenvalue weighted by atomic mass is 10.3. The molecule has 0 amide bonds. The Morgan fingerprint density at radius 1 is 1.69 bits per heavy atom. The molecule has 1 aromatic rings. The van der Waals surface area contributed by atoms with Crippen molar-refractivity contribution in [2.45, 2.75) is 24.9 Å². The average molecular weight is 201 g/mol. The summed E-state index contributed by atoms with van der Waals surface area (Å²) >= 11 is 1.47. The zero-order chi connectivity index (χ0) is 9.68. The maximum atomic E-state index is 10.2. The Kier molecular flexibility index (Phi) is 3.75. The molecule has 0 aromatic carbocycles. The van der Waals surface area contributed by atoms with Crippen LogP contribution in [0.4, 0.5) is 0 Å².